The van der Waals surface area contributed by atoms with Crippen molar-refractivity contribution in [1.82, 2.24) is 9.97 Å². The Morgan fingerprint density at radius 3 is 3.00 bits per heavy atom. The molecular formula is C13H14FN3O. The van der Waals surface area contributed by atoms with Gasteiger partial charge in [0.15, 0.2) is 0 Å². The minimum absolute atomic E-state index is 0.230. The largest absolute Gasteiger partial charge is 0.382 e. The second kappa shape index (κ2) is 4.08. The third kappa shape index (κ3) is 2.08. The maximum Gasteiger partial charge on any atom is 0.258 e. The van der Waals surface area contributed by atoms with Crippen LogP contribution in [0.15, 0.2) is 16.9 Å². The van der Waals surface area contributed by atoms with Gasteiger partial charge in [-0.2, -0.15) is 0 Å². The maximum absolute atomic E-state index is 13.8. The number of aryl methyl sites for hydroxylation is 1. The number of halogens is 1. The lowest BCUT2D eigenvalue weighted by Gasteiger charge is -2.08. The van der Waals surface area contributed by atoms with Crippen LogP contribution in [-0.2, 0) is 0 Å². The average Bonchev–Trinajstić information content (AvgIpc) is 3.10. The van der Waals surface area contributed by atoms with Crippen molar-refractivity contribution in [3.05, 3.63) is 34.1 Å². The Labute approximate surface area is 103 Å². The summed E-state index contributed by atoms with van der Waals surface area (Å²) >= 11 is 0. The third-order valence-electron chi connectivity index (χ3n) is 3.19. The molecule has 0 aliphatic heterocycles. The standard InChI is InChI=1S/C13H14FN3O/c1-7-16-11-5-10(14)12(15-6-8-2-3-8)4-9(11)13(18)17-7/h4-5,8,15H,2-3,6H2,1H3,(H,16,17,18). The zero-order valence-corrected chi connectivity index (χ0v) is 10.1. The van der Waals surface area contributed by atoms with Crippen LogP contribution in [0.2, 0.25) is 0 Å². The molecule has 0 radical (unpaired) electrons. The number of nitrogens with one attached hydrogen (secondary N) is 2. The maximum atomic E-state index is 13.8. The first kappa shape index (κ1) is 11.2. The highest BCUT2D eigenvalue weighted by Crippen LogP contribution is 2.29. The smallest absolute Gasteiger partial charge is 0.258 e. The highest BCUT2D eigenvalue weighted by Gasteiger charge is 2.21. The number of anilines is 1. The molecule has 0 unspecified atom stereocenters. The number of nitrogens with zero attached hydrogens (tertiary/aromatic N) is 1. The van der Waals surface area contributed by atoms with E-state index in [9.17, 15) is 9.18 Å². The van der Waals surface area contributed by atoms with Gasteiger partial charge in [-0.3, -0.25) is 4.79 Å². The van der Waals surface area contributed by atoms with Crippen LogP contribution in [-0.4, -0.2) is 16.5 Å². The van der Waals surface area contributed by atoms with Crippen molar-refractivity contribution in [3.8, 4) is 0 Å². The summed E-state index contributed by atoms with van der Waals surface area (Å²) in [5, 5.41) is 3.47. The van der Waals surface area contributed by atoms with Crippen molar-refractivity contribution in [1.29, 1.82) is 0 Å². The summed E-state index contributed by atoms with van der Waals surface area (Å²) in [6.07, 6.45) is 2.40. The highest BCUT2D eigenvalue weighted by molar-refractivity contribution is 5.81. The molecule has 1 fully saturated rings. The Hall–Kier alpha value is -1.91. The number of aromatic nitrogens is 2. The van der Waals surface area contributed by atoms with Crippen molar-refractivity contribution in [2.75, 3.05) is 11.9 Å². The topological polar surface area (TPSA) is 57.8 Å². The van der Waals surface area contributed by atoms with Crippen LogP contribution in [0.1, 0.15) is 18.7 Å². The summed E-state index contributed by atoms with van der Waals surface area (Å²) < 4.78 is 13.8. The number of hydrogen-bond acceptors (Lipinski definition) is 3. The van der Waals surface area contributed by atoms with Crippen LogP contribution in [0, 0.1) is 18.7 Å². The number of benzene rings is 1. The van der Waals surface area contributed by atoms with E-state index in [2.05, 4.69) is 15.3 Å². The van der Waals surface area contributed by atoms with E-state index in [4.69, 9.17) is 0 Å². The Morgan fingerprint density at radius 1 is 1.50 bits per heavy atom. The molecule has 5 heteroatoms. The number of aromatic amines is 1. The van der Waals surface area contributed by atoms with Gasteiger partial charge in [0.2, 0.25) is 0 Å². The normalized spacial score (nSPS) is 15.0. The first-order valence-corrected chi connectivity index (χ1v) is 6.07. The molecule has 4 nitrogen and oxygen atoms in total. The summed E-state index contributed by atoms with van der Waals surface area (Å²) in [7, 11) is 0. The van der Waals surface area contributed by atoms with Gasteiger partial charge in [-0.05, 0) is 31.7 Å². The van der Waals surface area contributed by atoms with E-state index in [0.717, 1.165) is 6.54 Å². The van der Waals surface area contributed by atoms with Gasteiger partial charge in [0.25, 0.3) is 5.56 Å². The molecule has 0 amide bonds. The minimum Gasteiger partial charge on any atom is -0.382 e. The van der Waals surface area contributed by atoms with Crippen molar-refractivity contribution >= 4 is 16.6 Å². The molecule has 0 atom stereocenters. The van der Waals surface area contributed by atoms with Gasteiger partial charge in [-0.1, -0.05) is 0 Å². The second-order valence-electron chi connectivity index (χ2n) is 4.82. The molecule has 94 valence electrons. The fourth-order valence-electron chi connectivity index (χ4n) is 1.99. The molecule has 1 aliphatic carbocycles. The molecule has 2 aromatic rings. The molecule has 1 aromatic heterocycles. The number of H-pyrrole nitrogens is 1. The Balaban J connectivity index is 2.04. The molecular weight excluding hydrogens is 233 g/mol. The van der Waals surface area contributed by atoms with Gasteiger partial charge in [0.05, 0.1) is 16.6 Å². The lowest BCUT2D eigenvalue weighted by Crippen LogP contribution is -2.11. The van der Waals surface area contributed by atoms with Gasteiger partial charge >= 0.3 is 0 Å². The molecule has 0 saturated heterocycles. The molecule has 1 saturated carbocycles. The third-order valence-corrected chi connectivity index (χ3v) is 3.19. The molecule has 2 N–H and O–H groups in total. The Kier molecular flexibility index (Phi) is 2.54. The number of fused-ring (bicyclic) bond motifs is 1. The molecule has 0 bridgehead atoms. The molecule has 1 aromatic carbocycles. The first-order valence-electron chi connectivity index (χ1n) is 6.07. The van der Waals surface area contributed by atoms with Crippen LogP contribution in [0.4, 0.5) is 10.1 Å². The van der Waals surface area contributed by atoms with Crippen molar-refractivity contribution < 1.29 is 4.39 Å². The SMILES string of the molecule is Cc1nc2cc(F)c(NCC3CC3)cc2c(=O)[nH]1. The van der Waals surface area contributed by atoms with Crippen molar-refractivity contribution in [2.24, 2.45) is 5.92 Å². The zero-order chi connectivity index (χ0) is 12.7. The summed E-state index contributed by atoms with van der Waals surface area (Å²) in [6.45, 7) is 2.44. The average molecular weight is 247 g/mol. The highest BCUT2D eigenvalue weighted by atomic mass is 19.1. The second-order valence-corrected chi connectivity index (χ2v) is 4.82. The molecule has 3 rings (SSSR count). The Bertz CT molecular complexity index is 661. The van der Waals surface area contributed by atoms with E-state index >= 15 is 0 Å². The van der Waals surface area contributed by atoms with Gasteiger partial charge in [-0.15, -0.1) is 0 Å². The summed E-state index contributed by atoms with van der Waals surface area (Å²) in [6, 6.07) is 2.85. The number of hydrogen-bond donors (Lipinski definition) is 2. The van der Waals surface area contributed by atoms with Gasteiger partial charge in [-0.25, -0.2) is 9.37 Å². The minimum atomic E-state index is -0.361. The van der Waals surface area contributed by atoms with Crippen LogP contribution in [0.3, 0.4) is 0 Å². The zero-order valence-electron chi connectivity index (χ0n) is 10.1. The predicted octanol–water partition coefficient (Wildman–Crippen LogP) is 2.19. The van der Waals surface area contributed by atoms with E-state index in [1.165, 1.54) is 18.9 Å². The van der Waals surface area contributed by atoms with Crippen molar-refractivity contribution in [3.63, 3.8) is 0 Å². The molecule has 18 heavy (non-hydrogen) atoms. The van der Waals surface area contributed by atoms with E-state index in [1.807, 2.05) is 0 Å². The molecule has 1 heterocycles. The van der Waals surface area contributed by atoms with Gasteiger partial charge in [0.1, 0.15) is 11.6 Å². The predicted molar refractivity (Wildman–Crippen MR) is 68.3 cm³/mol. The first-order chi connectivity index (χ1) is 8.63. The van der Waals surface area contributed by atoms with Crippen molar-refractivity contribution in [2.45, 2.75) is 19.8 Å². The van der Waals surface area contributed by atoms with E-state index in [0.29, 0.717) is 28.3 Å². The molecule has 1 aliphatic rings. The fourth-order valence-corrected chi connectivity index (χ4v) is 1.99. The van der Waals surface area contributed by atoms with Crippen LogP contribution in [0.25, 0.3) is 10.9 Å². The van der Waals surface area contributed by atoms with E-state index in [-0.39, 0.29) is 11.4 Å². The summed E-state index contributed by atoms with van der Waals surface area (Å²) in [5.74, 6) is 0.778. The van der Waals surface area contributed by atoms with Gasteiger partial charge < -0.3 is 10.3 Å². The van der Waals surface area contributed by atoms with Crippen LogP contribution < -0.4 is 10.9 Å². The van der Waals surface area contributed by atoms with Gasteiger partial charge in [0, 0.05) is 12.6 Å². The van der Waals surface area contributed by atoms with E-state index in [1.54, 1.807) is 13.0 Å². The van der Waals surface area contributed by atoms with E-state index < -0.39 is 0 Å². The quantitative estimate of drug-likeness (QED) is 0.874. The monoisotopic (exact) mass is 247 g/mol. The molecule has 0 spiro atoms. The Morgan fingerprint density at radius 2 is 2.28 bits per heavy atom. The van der Waals surface area contributed by atoms with Crippen LogP contribution >= 0.6 is 0 Å². The summed E-state index contributed by atoms with van der Waals surface area (Å²) in [4.78, 5) is 18.5. The summed E-state index contributed by atoms with van der Waals surface area (Å²) in [5.41, 5.74) is 0.545. The number of rotatable bonds is 3. The van der Waals surface area contributed by atoms with Crippen LogP contribution in [0.5, 0.6) is 0 Å². The fraction of sp³-hybridized carbons (Fsp3) is 0.385. The lowest BCUT2D eigenvalue weighted by molar-refractivity contribution is 0.630. The lowest BCUT2D eigenvalue weighted by atomic mass is 10.2.